The minimum atomic E-state index is -0.609. The second-order valence-electron chi connectivity index (χ2n) is 5.06. The third-order valence-corrected chi connectivity index (χ3v) is 3.55. The van der Waals surface area contributed by atoms with Gasteiger partial charge in [-0.1, -0.05) is 6.42 Å². The van der Waals surface area contributed by atoms with Gasteiger partial charge < -0.3 is 16.0 Å². The van der Waals surface area contributed by atoms with Crippen LogP contribution in [0.2, 0.25) is 0 Å². The SMILES string of the molecule is CN(CC1CCCCN1)c1ccc(C(N)=O)cc1F. The molecular formula is C14H20FN3O. The lowest BCUT2D eigenvalue weighted by molar-refractivity contribution is 0.1000. The lowest BCUT2D eigenvalue weighted by Gasteiger charge is -2.29. The van der Waals surface area contributed by atoms with E-state index in [0.717, 1.165) is 19.5 Å². The number of primary amides is 1. The zero-order valence-electron chi connectivity index (χ0n) is 11.2. The van der Waals surface area contributed by atoms with Crippen LogP contribution in [0.5, 0.6) is 0 Å². The number of nitrogens with one attached hydrogen (secondary N) is 1. The predicted octanol–water partition coefficient (Wildman–Crippen LogP) is 1.50. The first kappa shape index (κ1) is 13.8. The predicted molar refractivity (Wildman–Crippen MR) is 73.8 cm³/mol. The zero-order valence-corrected chi connectivity index (χ0v) is 11.2. The van der Waals surface area contributed by atoms with Crippen molar-refractivity contribution < 1.29 is 9.18 Å². The van der Waals surface area contributed by atoms with Crippen molar-refractivity contribution in [3.63, 3.8) is 0 Å². The number of carbonyl (C=O) groups is 1. The first-order chi connectivity index (χ1) is 9.08. The Morgan fingerprint density at radius 2 is 2.32 bits per heavy atom. The highest BCUT2D eigenvalue weighted by molar-refractivity contribution is 5.93. The van der Waals surface area contributed by atoms with Crippen molar-refractivity contribution in [2.45, 2.75) is 25.3 Å². The molecule has 1 aliphatic rings. The van der Waals surface area contributed by atoms with E-state index in [-0.39, 0.29) is 5.56 Å². The van der Waals surface area contributed by atoms with Crippen molar-refractivity contribution in [2.75, 3.05) is 25.0 Å². The lowest BCUT2D eigenvalue weighted by Crippen LogP contribution is -2.42. The summed E-state index contributed by atoms with van der Waals surface area (Å²) in [5, 5.41) is 3.43. The maximum Gasteiger partial charge on any atom is 0.248 e. The molecular weight excluding hydrogens is 245 g/mol. The maximum atomic E-state index is 13.9. The quantitative estimate of drug-likeness (QED) is 0.867. The number of nitrogens with zero attached hydrogens (tertiary/aromatic N) is 1. The van der Waals surface area contributed by atoms with Crippen LogP contribution in [-0.4, -0.2) is 32.1 Å². The molecule has 1 aromatic rings. The molecule has 0 aromatic heterocycles. The summed E-state index contributed by atoms with van der Waals surface area (Å²) in [7, 11) is 1.86. The van der Waals surface area contributed by atoms with Gasteiger partial charge in [0.2, 0.25) is 5.91 Å². The summed E-state index contributed by atoms with van der Waals surface area (Å²) in [6, 6.07) is 4.76. The van der Waals surface area contributed by atoms with Gasteiger partial charge in [-0.25, -0.2) is 4.39 Å². The van der Waals surface area contributed by atoms with Crippen LogP contribution >= 0.6 is 0 Å². The number of rotatable bonds is 4. The molecule has 0 saturated carbocycles. The van der Waals surface area contributed by atoms with E-state index in [1.807, 2.05) is 11.9 Å². The molecule has 5 heteroatoms. The number of piperidine rings is 1. The highest BCUT2D eigenvalue weighted by Gasteiger charge is 2.17. The zero-order chi connectivity index (χ0) is 13.8. The van der Waals surface area contributed by atoms with Gasteiger partial charge in [0, 0.05) is 25.2 Å². The summed E-state index contributed by atoms with van der Waals surface area (Å²) in [6.45, 7) is 1.79. The third kappa shape index (κ3) is 3.44. The van der Waals surface area contributed by atoms with E-state index >= 15 is 0 Å². The summed E-state index contributed by atoms with van der Waals surface area (Å²) in [5.41, 5.74) is 5.83. The van der Waals surface area contributed by atoms with E-state index in [1.165, 1.54) is 18.9 Å². The minimum Gasteiger partial charge on any atom is -0.371 e. The molecule has 0 bridgehead atoms. The Morgan fingerprint density at radius 1 is 1.53 bits per heavy atom. The molecule has 1 heterocycles. The van der Waals surface area contributed by atoms with Gasteiger partial charge in [-0.2, -0.15) is 0 Å². The largest absolute Gasteiger partial charge is 0.371 e. The van der Waals surface area contributed by atoms with Crippen molar-refractivity contribution >= 4 is 11.6 Å². The van der Waals surface area contributed by atoms with E-state index < -0.39 is 11.7 Å². The molecule has 1 aromatic carbocycles. The van der Waals surface area contributed by atoms with Gasteiger partial charge in [0.1, 0.15) is 5.82 Å². The molecule has 3 N–H and O–H groups in total. The van der Waals surface area contributed by atoms with Crippen LogP contribution in [-0.2, 0) is 0 Å². The Hall–Kier alpha value is -1.62. The number of amides is 1. The molecule has 1 fully saturated rings. The summed E-state index contributed by atoms with van der Waals surface area (Å²) < 4.78 is 13.9. The fourth-order valence-electron chi connectivity index (χ4n) is 2.48. The second kappa shape index (κ2) is 6.02. The van der Waals surface area contributed by atoms with Gasteiger partial charge in [-0.05, 0) is 37.6 Å². The summed E-state index contributed by atoms with van der Waals surface area (Å²) >= 11 is 0. The molecule has 1 saturated heterocycles. The van der Waals surface area contributed by atoms with Crippen LogP contribution in [0.25, 0.3) is 0 Å². The average Bonchev–Trinajstić information content (AvgIpc) is 2.39. The Balaban J connectivity index is 2.05. The Kier molecular flexibility index (Phi) is 4.37. The fourth-order valence-corrected chi connectivity index (χ4v) is 2.48. The van der Waals surface area contributed by atoms with Crippen molar-refractivity contribution in [3.05, 3.63) is 29.6 Å². The smallest absolute Gasteiger partial charge is 0.248 e. The summed E-state index contributed by atoms with van der Waals surface area (Å²) in [4.78, 5) is 12.9. The topological polar surface area (TPSA) is 58.4 Å². The van der Waals surface area contributed by atoms with E-state index in [4.69, 9.17) is 5.73 Å². The fraction of sp³-hybridized carbons (Fsp3) is 0.500. The first-order valence-corrected chi connectivity index (χ1v) is 6.62. The van der Waals surface area contributed by atoms with Gasteiger partial charge in [-0.15, -0.1) is 0 Å². The molecule has 1 unspecified atom stereocenters. The minimum absolute atomic E-state index is 0.199. The van der Waals surface area contributed by atoms with E-state index in [0.29, 0.717) is 11.7 Å². The van der Waals surface area contributed by atoms with Gasteiger partial charge in [-0.3, -0.25) is 4.79 Å². The molecule has 0 radical (unpaired) electrons. The van der Waals surface area contributed by atoms with Gasteiger partial charge in [0.15, 0.2) is 0 Å². The lowest BCUT2D eigenvalue weighted by atomic mass is 10.0. The van der Waals surface area contributed by atoms with Crippen LogP contribution in [0.15, 0.2) is 18.2 Å². The standard InChI is InChI=1S/C14H20FN3O/c1-18(9-11-4-2-3-7-17-11)13-6-5-10(14(16)19)8-12(13)15/h5-6,8,11,17H,2-4,7,9H2,1H3,(H2,16,19). The van der Waals surface area contributed by atoms with Gasteiger partial charge >= 0.3 is 0 Å². The molecule has 1 atom stereocenters. The summed E-state index contributed by atoms with van der Waals surface area (Å²) in [6.07, 6.45) is 3.54. The average molecular weight is 265 g/mol. The highest BCUT2D eigenvalue weighted by atomic mass is 19.1. The third-order valence-electron chi connectivity index (χ3n) is 3.55. The van der Waals surface area contributed by atoms with E-state index in [2.05, 4.69) is 5.32 Å². The highest BCUT2D eigenvalue weighted by Crippen LogP contribution is 2.20. The Labute approximate surface area is 112 Å². The van der Waals surface area contributed by atoms with Crippen LogP contribution in [0.3, 0.4) is 0 Å². The van der Waals surface area contributed by atoms with Crippen LogP contribution in [0, 0.1) is 5.82 Å². The van der Waals surface area contributed by atoms with Gasteiger partial charge in [0.25, 0.3) is 0 Å². The molecule has 19 heavy (non-hydrogen) atoms. The normalized spacial score (nSPS) is 19.2. The number of benzene rings is 1. The van der Waals surface area contributed by atoms with Crippen molar-refractivity contribution in [1.82, 2.24) is 5.32 Å². The Morgan fingerprint density at radius 3 is 2.89 bits per heavy atom. The number of likely N-dealkylation sites (N-methyl/N-ethyl adjacent to an activating group) is 1. The molecule has 4 nitrogen and oxygen atoms in total. The van der Waals surface area contributed by atoms with Crippen LogP contribution < -0.4 is 16.0 Å². The number of carbonyl (C=O) groups excluding carboxylic acids is 1. The maximum absolute atomic E-state index is 13.9. The van der Waals surface area contributed by atoms with Crippen LogP contribution in [0.4, 0.5) is 10.1 Å². The number of anilines is 1. The number of hydrogen-bond donors (Lipinski definition) is 2. The van der Waals surface area contributed by atoms with E-state index in [1.54, 1.807) is 12.1 Å². The monoisotopic (exact) mass is 265 g/mol. The van der Waals surface area contributed by atoms with Crippen molar-refractivity contribution in [1.29, 1.82) is 0 Å². The van der Waals surface area contributed by atoms with Crippen molar-refractivity contribution in [3.8, 4) is 0 Å². The van der Waals surface area contributed by atoms with Crippen LogP contribution in [0.1, 0.15) is 29.6 Å². The molecule has 1 aliphatic heterocycles. The molecule has 1 amide bonds. The molecule has 104 valence electrons. The second-order valence-corrected chi connectivity index (χ2v) is 5.06. The number of halogens is 1. The molecule has 2 rings (SSSR count). The van der Waals surface area contributed by atoms with Gasteiger partial charge in [0.05, 0.1) is 5.69 Å². The number of hydrogen-bond acceptors (Lipinski definition) is 3. The number of nitrogens with two attached hydrogens (primary N) is 1. The van der Waals surface area contributed by atoms with Crippen molar-refractivity contribution in [2.24, 2.45) is 5.73 Å². The van der Waals surface area contributed by atoms with E-state index in [9.17, 15) is 9.18 Å². The molecule has 0 aliphatic carbocycles. The first-order valence-electron chi connectivity index (χ1n) is 6.62. The molecule has 0 spiro atoms. The Bertz CT molecular complexity index is 458. The summed E-state index contributed by atoms with van der Waals surface area (Å²) in [5.74, 6) is -1.02.